The average Bonchev–Trinajstić information content (AvgIpc) is 3.17. The van der Waals surface area contributed by atoms with Crippen molar-refractivity contribution in [1.82, 2.24) is 0 Å². The third-order valence-electron chi connectivity index (χ3n) is 11.4. The molecule has 0 bridgehead atoms. The number of esters is 2. The quantitative estimate of drug-likeness (QED) is 0.0352. The van der Waals surface area contributed by atoms with Gasteiger partial charge in [-0.25, -0.2) is 0 Å². The third-order valence-corrected chi connectivity index (χ3v) is 11.4. The Morgan fingerprint density at radius 2 is 0.722 bits per heavy atom. The molecule has 0 aliphatic carbocycles. The fourth-order valence-corrected chi connectivity index (χ4v) is 7.69. The van der Waals surface area contributed by atoms with Crippen LogP contribution in [0.25, 0.3) is 0 Å². The summed E-state index contributed by atoms with van der Waals surface area (Å²) in [6.45, 7) is 7.62. The lowest BCUT2D eigenvalue weighted by Crippen LogP contribution is -2.23. The highest BCUT2D eigenvalue weighted by Crippen LogP contribution is 2.20. The fraction of sp³-hybridized carbons (Fsp3) is 0.920. The first-order valence-electron chi connectivity index (χ1n) is 24.6. The SMILES string of the molecule is C/C=C/CCCCCCCCCCCCCCCCCC(CC(=O)OCCCCCCCCCCCCC)C(=O)OCCCCCCCCCCCCC. The second kappa shape index (κ2) is 46.1. The molecule has 0 saturated heterocycles. The van der Waals surface area contributed by atoms with E-state index in [1.165, 1.54) is 205 Å². The molecule has 0 aromatic heterocycles. The molecule has 0 saturated carbocycles. The van der Waals surface area contributed by atoms with Gasteiger partial charge in [0.05, 0.1) is 25.6 Å². The van der Waals surface area contributed by atoms with E-state index in [0.717, 1.165) is 44.9 Å². The van der Waals surface area contributed by atoms with Gasteiger partial charge < -0.3 is 9.47 Å². The van der Waals surface area contributed by atoms with Gasteiger partial charge in [0.1, 0.15) is 0 Å². The van der Waals surface area contributed by atoms with E-state index in [-0.39, 0.29) is 24.3 Å². The standard InChI is InChI=1S/C50H96O4/c1-4-7-10-13-16-19-22-23-24-25-26-27-28-29-32-35-38-41-44-48(50(52)54-46-43-40-37-34-31-21-18-15-12-9-6-3)47-49(51)53-45-42-39-36-33-30-20-17-14-11-8-5-2/h4,7,48H,5-6,8-47H2,1-3H3/b7-4+. The van der Waals surface area contributed by atoms with Crippen molar-refractivity contribution in [3.05, 3.63) is 12.2 Å². The number of hydrogen-bond acceptors (Lipinski definition) is 4. The number of allylic oxidation sites excluding steroid dienone is 2. The Morgan fingerprint density at radius 1 is 0.407 bits per heavy atom. The molecule has 54 heavy (non-hydrogen) atoms. The van der Waals surface area contributed by atoms with Gasteiger partial charge in [-0.15, -0.1) is 0 Å². The van der Waals surface area contributed by atoms with E-state index in [1.54, 1.807) is 0 Å². The smallest absolute Gasteiger partial charge is 0.309 e. The molecule has 0 rings (SSSR count). The van der Waals surface area contributed by atoms with E-state index in [2.05, 4.69) is 32.9 Å². The van der Waals surface area contributed by atoms with Crippen LogP contribution in [-0.4, -0.2) is 25.2 Å². The van der Waals surface area contributed by atoms with Crippen LogP contribution >= 0.6 is 0 Å². The van der Waals surface area contributed by atoms with E-state index < -0.39 is 0 Å². The summed E-state index contributed by atoms with van der Waals surface area (Å²) in [7, 11) is 0. The first-order chi connectivity index (χ1) is 26.7. The molecule has 0 aromatic rings. The highest BCUT2D eigenvalue weighted by Gasteiger charge is 2.24. The number of hydrogen-bond donors (Lipinski definition) is 0. The van der Waals surface area contributed by atoms with Gasteiger partial charge in [-0.3, -0.25) is 9.59 Å². The Hall–Kier alpha value is -1.32. The monoisotopic (exact) mass is 761 g/mol. The summed E-state index contributed by atoms with van der Waals surface area (Å²) in [5, 5.41) is 0. The predicted octanol–water partition coefficient (Wildman–Crippen LogP) is 16.9. The molecule has 0 aromatic carbocycles. The Balaban J connectivity index is 4.18. The molecule has 4 heteroatoms. The molecule has 0 amide bonds. The van der Waals surface area contributed by atoms with Gasteiger partial charge in [0.2, 0.25) is 0 Å². The lowest BCUT2D eigenvalue weighted by atomic mass is 9.97. The van der Waals surface area contributed by atoms with Gasteiger partial charge in [-0.05, 0) is 39.0 Å². The summed E-state index contributed by atoms with van der Waals surface area (Å²) >= 11 is 0. The molecule has 0 spiro atoms. The second-order valence-electron chi connectivity index (χ2n) is 16.8. The molecule has 320 valence electrons. The molecular formula is C50H96O4. The molecule has 0 N–H and O–H groups in total. The van der Waals surface area contributed by atoms with Crippen molar-refractivity contribution in [2.45, 2.75) is 278 Å². The van der Waals surface area contributed by atoms with Crippen LogP contribution in [0.4, 0.5) is 0 Å². The van der Waals surface area contributed by atoms with E-state index in [0.29, 0.717) is 13.2 Å². The van der Waals surface area contributed by atoms with Crippen LogP contribution < -0.4 is 0 Å². The molecule has 0 fully saturated rings. The normalized spacial score (nSPS) is 12.1. The lowest BCUT2D eigenvalue weighted by Gasteiger charge is -2.16. The van der Waals surface area contributed by atoms with Crippen molar-refractivity contribution in [2.75, 3.05) is 13.2 Å². The topological polar surface area (TPSA) is 52.6 Å². The van der Waals surface area contributed by atoms with Crippen molar-refractivity contribution in [3.63, 3.8) is 0 Å². The average molecular weight is 761 g/mol. The van der Waals surface area contributed by atoms with E-state index in [4.69, 9.17) is 9.47 Å². The molecule has 1 unspecified atom stereocenters. The molecule has 0 aliphatic heterocycles. The minimum atomic E-state index is -0.360. The summed E-state index contributed by atoms with van der Waals surface area (Å²) in [4.78, 5) is 25.9. The molecule has 4 nitrogen and oxygen atoms in total. The number of ether oxygens (including phenoxy) is 2. The van der Waals surface area contributed by atoms with Gasteiger partial charge in [0, 0.05) is 0 Å². The Labute approximate surface area is 338 Å². The maximum atomic E-state index is 13.1. The van der Waals surface area contributed by atoms with E-state index in [9.17, 15) is 9.59 Å². The lowest BCUT2D eigenvalue weighted by molar-refractivity contribution is -0.155. The van der Waals surface area contributed by atoms with Gasteiger partial charge in [-0.2, -0.15) is 0 Å². The zero-order valence-corrected chi connectivity index (χ0v) is 37.1. The third kappa shape index (κ3) is 41.8. The van der Waals surface area contributed by atoms with Crippen molar-refractivity contribution in [3.8, 4) is 0 Å². The Bertz CT molecular complexity index is 777. The van der Waals surface area contributed by atoms with Crippen LogP contribution in [0.5, 0.6) is 0 Å². The fourth-order valence-electron chi connectivity index (χ4n) is 7.69. The summed E-state index contributed by atoms with van der Waals surface area (Å²) in [6, 6.07) is 0. The van der Waals surface area contributed by atoms with Gasteiger partial charge in [0.25, 0.3) is 0 Å². The van der Waals surface area contributed by atoms with E-state index >= 15 is 0 Å². The highest BCUT2D eigenvalue weighted by atomic mass is 16.5. The van der Waals surface area contributed by atoms with Crippen molar-refractivity contribution in [2.24, 2.45) is 5.92 Å². The minimum absolute atomic E-state index is 0.172. The maximum Gasteiger partial charge on any atom is 0.309 e. The maximum absolute atomic E-state index is 13.1. The number of unbranched alkanes of at least 4 members (excludes halogenated alkanes) is 35. The summed E-state index contributed by atoms with van der Waals surface area (Å²) in [6.07, 6.45) is 54.6. The zero-order valence-electron chi connectivity index (χ0n) is 37.1. The second-order valence-corrected chi connectivity index (χ2v) is 16.8. The van der Waals surface area contributed by atoms with Crippen LogP contribution in [0.15, 0.2) is 12.2 Å². The molecule has 0 radical (unpaired) electrons. The number of carbonyl (C=O) groups is 2. The molecule has 0 heterocycles. The number of carbonyl (C=O) groups excluding carboxylic acids is 2. The summed E-state index contributed by atoms with van der Waals surface area (Å²) < 4.78 is 11.4. The minimum Gasteiger partial charge on any atom is -0.466 e. The van der Waals surface area contributed by atoms with Gasteiger partial charge in [0.15, 0.2) is 0 Å². The molecule has 0 aliphatic rings. The number of rotatable bonds is 45. The molecular weight excluding hydrogens is 665 g/mol. The largest absolute Gasteiger partial charge is 0.466 e. The first-order valence-corrected chi connectivity index (χ1v) is 24.6. The molecule has 1 atom stereocenters. The van der Waals surface area contributed by atoms with Gasteiger partial charge in [-0.1, -0.05) is 244 Å². The van der Waals surface area contributed by atoms with Crippen LogP contribution in [-0.2, 0) is 19.1 Å². The van der Waals surface area contributed by atoms with E-state index in [1.807, 2.05) is 0 Å². The van der Waals surface area contributed by atoms with Gasteiger partial charge >= 0.3 is 11.9 Å². The van der Waals surface area contributed by atoms with Crippen LogP contribution in [0.2, 0.25) is 0 Å². The van der Waals surface area contributed by atoms with Crippen molar-refractivity contribution >= 4 is 11.9 Å². The van der Waals surface area contributed by atoms with Crippen LogP contribution in [0.3, 0.4) is 0 Å². The predicted molar refractivity (Wildman–Crippen MR) is 236 cm³/mol. The first kappa shape index (κ1) is 52.7. The van der Waals surface area contributed by atoms with Crippen LogP contribution in [0.1, 0.15) is 278 Å². The van der Waals surface area contributed by atoms with Crippen LogP contribution in [0, 0.1) is 5.92 Å². The van der Waals surface area contributed by atoms with Crippen molar-refractivity contribution < 1.29 is 19.1 Å². The van der Waals surface area contributed by atoms with Crippen molar-refractivity contribution in [1.29, 1.82) is 0 Å². The summed E-state index contributed by atoms with van der Waals surface area (Å²) in [5.41, 5.74) is 0. The Kier molecular flexibility index (Phi) is 44.9. The highest BCUT2D eigenvalue weighted by molar-refractivity contribution is 5.79. The Morgan fingerprint density at radius 3 is 1.09 bits per heavy atom. The summed E-state index contributed by atoms with van der Waals surface area (Å²) in [5.74, 6) is -0.766. The zero-order chi connectivity index (χ0) is 39.3.